The molecular formula is C50H29BO3. The van der Waals surface area contributed by atoms with E-state index < -0.39 is 0 Å². The Hall–Kier alpha value is -7.04. The zero-order chi connectivity index (χ0) is 35.3. The Morgan fingerprint density at radius 2 is 0.889 bits per heavy atom. The average molecular weight is 689 g/mol. The molecule has 0 amide bonds. The molecule has 3 heterocycles. The molecule has 0 radical (unpaired) electrons. The fraction of sp³-hybridized carbons (Fsp3) is 0. The van der Waals surface area contributed by atoms with Gasteiger partial charge in [-0.2, -0.15) is 0 Å². The van der Waals surface area contributed by atoms with Crippen molar-refractivity contribution >= 4 is 66.6 Å². The van der Waals surface area contributed by atoms with Crippen LogP contribution in [0.15, 0.2) is 180 Å². The molecule has 10 aromatic rings. The molecule has 12 rings (SSSR count). The third-order valence-corrected chi connectivity index (χ3v) is 11.4. The van der Waals surface area contributed by atoms with Crippen molar-refractivity contribution in [1.82, 2.24) is 0 Å². The van der Waals surface area contributed by atoms with E-state index in [1.807, 2.05) is 36.4 Å². The number of para-hydroxylation sites is 2. The molecule has 2 aliphatic rings. The number of ether oxygens (including phenoxy) is 2. The molecule has 3 nitrogen and oxygen atoms in total. The molecule has 0 aliphatic carbocycles. The van der Waals surface area contributed by atoms with Crippen LogP contribution in [-0.4, -0.2) is 6.71 Å². The predicted molar refractivity (Wildman–Crippen MR) is 223 cm³/mol. The van der Waals surface area contributed by atoms with Crippen LogP contribution in [0.5, 0.6) is 23.0 Å². The number of rotatable bonds is 3. The van der Waals surface area contributed by atoms with E-state index >= 15 is 0 Å². The molecule has 0 spiro atoms. The molecule has 0 saturated heterocycles. The Morgan fingerprint density at radius 3 is 1.65 bits per heavy atom. The first-order valence-corrected chi connectivity index (χ1v) is 18.4. The van der Waals surface area contributed by atoms with Gasteiger partial charge in [0.05, 0.1) is 0 Å². The molecule has 0 bridgehead atoms. The van der Waals surface area contributed by atoms with Crippen molar-refractivity contribution in [3.05, 3.63) is 176 Å². The average Bonchev–Trinajstić information content (AvgIpc) is 3.60. The van der Waals surface area contributed by atoms with Crippen molar-refractivity contribution in [2.24, 2.45) is 0 Å². The standard InChI is InChI=1S/C50H29BO3/c1-2-14-34(32(12-1)30-24-27-45-41(29-30)51-40-19-8-10-21-44(40)53-46-22-11-23-47(54-45)50(46)51)49-37-17-5-3-15-35(37)48(36-16-4-6-18-38(36)49)31-25-26-43-39(28-31)33-13-7-9-20-42(33)52-43/h1-29H. The fourth-order valence-electron chi connectivity index (χ4n) is 9.11. The smallest absolute Gasteiger partial charge is 0.260 e. The molecule has 9 aromatic carbocycles. The minimum Gasteiger partial charge on any atom is -0.458 e. The predicted octanol–water partition coefficient (Wildman–Crippen LogP) is 11.6. The molecule has 0 unspecified atom stereocenters. The van der Waals surface area contributed by atoms with Gasteiger partial charge in [0.1, 0.15) is 34.2 Å². The summed E-state index contributed by atoms with van der Waals surface area (Å²) in [4.78, 5) is 0. The third-order valence-electron chi connectivity index (χ3n) is 11.4. The second-order valence-electron chi connectivity index (χ2n) is 14.3. The molecule has 0 atom stereocenters. The van der Waals surface area contributed by atoms with Gasteiger partial charge in [-0.3, -0.25) is 0 Å². The minimum atomic E-state index is 0.00245. The fourth-order valence-corrected chi connectivity index (χ4v) is 9.11. The van der Waals surface area contributed by atoms with Gasteiger partial charge in [-0.1, -0.05) is 133 Å². The maximum Gasteiger partial charge on any atom is 0.260 e. The number of benzene rings is 9. The molecule has 1 aromatic heterocycles. The molecular weight excluding hydrogens is 659 g/mol. The lowest BCUT2D eigenvalue weighted by atomic mass is 9.35. The Balaban J connectivity index is 1.08. The normalized spacial score (nSPS) is 12.7. The molecule has 2 aliphatic heterocycles. The van der Waals surface area contributed by atoms with Crippen LogP contribution in [0.3, 0.4) is 0 Å². The van der Waals surface area contributed by atoms with E-state index in [9.17, 15) is 0 Å². The summed E-state index contributed by atoms with van der Waals surface area (Å²) in [6.45, 7) is 0.00245. The van der Waals surface area contributed by atoms with Gasteiger partial charge in [0, 0.05) is 16.2 Å². The summed E-state index contributed by atoms with van der Waals surface area (Å²) < 4.78 is 19.2. The number of furan rings is 1. The molecule has 54 heavy (non-hydrogen) atoms. The Kier molecular flexibility index (Phi) is 6.14. The van der Waals surface area contributed by atoms with E-state index in [4.69, 9.17) is 13.9 Å². The summed E-state index contributed by atoms with van der Waals surface area (Å²) in [5, 5.41) is 7.13. The lowest BCUT2D eigenvalue weighted by molar-refractivity contribution is 0.464. The maximum absolute atomic E-state index is 6.57. The Morgan fingerprint density at radius 1 is 0.333 bits per heavy atom. The summed E-state index contributed by atoms with van der Waals surface area (Å²) in [5.74, 6) is 3.48. The first kappa shape index (κ1) is 29.5. The van der Waals surface area contributed by atoms with Gasteiger partial charge in [0.25, 0.3) is 6.71 Å². The van der Waals surface area contributed by atoms with E-state index in [-0.39, 0.29) is 6.71 Å². The molecule has 4 heteroatoms. The van der Waals surface area contributed by atoms with Crippen LogP contribution in [0.25, 0.3) is 76.9 Å². The summed E-state index contributed by atoms with van der Waals surface area (Å²) in [7, 11) is 0. The first-order valence-electron chi connectivity index (χ1n) is 18.4. The Labute approximate surface area is 311 Å². The van der Waals surface area contributed by atoms with Crippen LogP contribution in [0.2, 0.25) is 0 Å². The molecule has 0 saturated carbocycles. The quantitative estimate of drug-likeness (QED) is 0.137. The summed E-state index contributed by atoms with van der Waals surface area (Å²) in [6, 6.07) is 62.7. The van der Waals surface area contributed by atoms with E-state index in [1.165, 1.54) is 49.4 Å². The lowest BCUT2D eigenvalue weighted by Gasteiger charge is -2.33. The van der Waals surface area contributed by atoms with Gasteiger partial charge in [-0.25, -0.2) is 0 Å². The Bertz CT molecular complexity index is 3120. The van der Waals surface area contributed by atoms with Crippen molar-refractivity contribution in [1.29, 1.82) is 0 Å². The van der Waals surface area contributed by atoms with Crippen LogP contribution >= 0.6 is 0 Å². The highest BCUT2D eigenvalue weighted by atomic mass is 16.5. The molecule has 0 N–H and O–H groups in total. The highest BCUT2D eigenvalue weighted by Gasteiger charge is 2.40. The minimum absolute atomic E-state index is 0.00245. The van der Waals surface area contributed by atoms with Gasteiger partial charge in [0.2, 0.25) is 0 Å². The lowest BCUT2D eigenvalue weighted by Crippen LogP contribution is -2.57. The van der Waals surface area contributed by atoms with E-state index in [0.717, 1.165) is 66.9 Å². The van der Waals surface area contributed by atoms with E-state index in [0.29, 0.717) is 0 Å². The zero-order valence-corrected chi connectivity index (χ0v) is 29.0. The first-order chi connectivity index (χ1) is 26.8. The van der Waals surface area contributed by atoms with E-state index in [1.54, 1.807) is 0 Å². The van der Waals surface area contributed by atoms with Crippen LogP contribution in [0, 0.1) is 0 Å². The van der Waals surface area contributed by atoms with Crippen LogP contribution in [0.1, 0.15) is 0 Å². The van der Waals surface area contributed by atoms with Crippen LogP contribution in [0.4, 0.5) is 0 Å². The summed E-state index contributed by atoms with van der Waals surface area (Å²) >= 11 is 0. The molecule has 0 fully saturated rings. The number of fused-ring (bicyclic) bond motifs is 9. The second kappa shape index (κ2) is 11.2. The van der Waals surface area contributed by atoms with Gasteiger partial charge in [-0.05, 0) is 108 Å². The maximum atomic E-state index is 6.57. The molecule has 250 valence electrons. The van der Waals surface area contributed by atoms with Crippen molar-refractivity contribution in [2.75, 3.05) is 0 Å². The van der Waals surface area contributed by atoms with Crippen molar-refractivity contribution in [3.63, 3.8) is 0 Å². The van der Waals surface area contributed by atoms with Gasteiger partial charge in [0.15, 0.2) is 0 Å². The van der Waals surface area contributed by atoms with Crippen molar-refractivity contribution in [2.45, 2.75) is 0 Å². The largest absolute Gasteiger partial charge is 0.458 e. The van der Waals surface area contributed by atoms with E-state index in [2.05, 4.69) is 140 Å². The number of hydrogen-bond acceptors (Lipinski definition) is 3. The topological polar surface area (TPSA) is 31.6 Å². The highest BCUT2D eigenvalue weighted by molar-refractivity contribution is 6.98. The van der Waals surface area contributed by atoms with Crippen molar-refractivity contribution in [3.8, 4) is 56.4 Å². The zero-order valence-electron chi connectivity index (χ0n) is 29.0. The van der Waals surface area contributed by atoms with Gasteiger partial charge in [-0.15, -0.1) is 0 Å². The summed E-state index contributed by atoms with van der Waals surface area (Å²) in [6.07, 6.45) is 0. The SMILES string of the molecule is c1ccc2c(c1)Oc1cccc3c1B2c1cc(-c2ccccc2-c2c4ccccc4c(-c4ccc5oc6ccccc6c5c4)c4ccccc24)ccc1O3. The van der Waals surface area contributed by atoms with Crippen LogP contribution < -0.4 is 25.9 Å². The summed E-state index contributed by atoms with van der Waals surface area (Å²) in [5.41, 5.74) is 12.3. The monoisotopic (exact) mass is 688 g/mol. The highest BCUT2D eigenvalue weighted by Crippen LogP contribution is 2.47. The van der Waals surface area contributed by atoms with Gasteiger partial charge < -0.3 is 13.9 Å². The van der Waals surface area contributed by atoms with Crippen LogP contribution in [-0.2, 0) is 0 Å². The third kappa shape index (κ3) is 4.19. The number of hydrogen-bond donors (Lipinski definition) is 0. The second-order valence-corrected chi connectivity index (χ2v) is 14.3. The van der Waals surface area contributed by atoms with Gasteiger partial charge >= 0.3 is 0 Å². The van der Waals surface area contributed by atoms with Crippen molar-refractivity contribution < 1.29 is 13.9 Å².